The molecule has 2 aromatic heterocycles. The number of fused-ring (bicyclic) bond motifs is 1. The number of nitrogens with zero attached hydrogens (tertiary/aromatic N) is 4. The molecule has 0 aliphatic carbocycles. The maximum atomic E-state index is 12.6. The summed E-state index contributed by atoms with van der Waals surface area (Å²) in [4.78, 5) is 25.5. The Bertz CT molecular complexity index is 1150. The number of rotatable bonds is 7. The molecule has 0 bridgehead atoms. The van der Waals surface area contributed by atoms with E-state index in [-0.39, 0.29) is 11.9 Å². The molecule has 7 nitrogen and oxygen atoms in total. The van der Waals surface area contributed by atoms with Crippen LogP contribution in [-0.4, -0.2) is 37.3 Å². The first-order chi connectivity index (χ1) is 14.7. The highest BCUT2D eigenvalue weighted by Gasteiger charge is 2.21. The van der Waals surface area contributed by atoms with Crippen LogP contribution in [0.25, 0.3) is 16.7 Å². The van der Waals surface area contributed by atoms with Gasteiger partial charge in [0.2, 0.25) is 11.9 Å². The molecule has 1 atom stereocenters. The van der Waals surface area contributed by atoms with E-state index in [0.717, 1.165) is 27.6 Å². The molecule has 4 rings (SSSR count). The number of carbonyl (C=O) groups excluding carboxylic acids is 1. The molecule has 4 aromatic rings. The van der Waals surface area contributed by atoms with Crippen LogP contribution < -0.4 is 10.1 Å². The Labute approximate surface area is 178 Å². The molecule has 0 aliphatic heterocycles. The first-order valence-corrected chi connectivity index (χ1v) is 10.5. The van der Waals surface area contributed by atoms with Gasteiger partial charge >= 0.3 is 0 Å². The quantitative estimate of drug-likeness (QED) is 0.449. The molecule has 1 N–H and O–H groups in total. The Morgan fingerprint density at radius 1 is 1.10 bits per heavy atom. The number of para-hydroxylation sites is 2. The molecular formula is C22H21N5O2S. The van der Waals surface area contributed by atoms with Crippen LogP contribution in [0, 0.1) is 0 Å². The van der Waals surface area contributed by atoms with E-state index in [9.17, 15) is 4.79 Å². The lowest BCUT2D eigenvalue weighted by atomic mass is 10.2. The summed E-state index contributed by atoms with van der Waals surface area (Å²) in [5, 5.41) is 3.08. The highest BCUT2D eigenvalue weighted by Crippen LogP contribution is 2.31. The molecule has 0 aliphatic rings. The number of ether oxygens (including phenoxy) is 1. The van der Waals surface area contributed by atoms with Gasteiger partial charge in [-0.3, -0.25) is 14.7 Å². The number of hydrogen-bond donors (Lipinski definition) is 1. The van der Waals surface area contributed by atoms with Crippen molar-refractivity contribution in [3.63, 3.8) is 0 Å². The number of thioether (sulfide) groups is 1. The summed E-state index contributed by atoms with van der Waals surface area (Å²) in [6, 6.07) is 17.5. The van der Waals surface area contributed by atoms with Crippen molar-refractivity contribution in [2.24, 2.45) is 0 Å². The number of nitrogens with one attached hydrogen (secondary N) is 1. The van der Waals surface area contributed by atoms with Gasteiger partial charge in [-0.2, -0.15) is 0 Å². The van der Waals surface area contributed by atoms with Crippen LogP contribution in [0.4, 0.5) is 5.95 Å². The van der Waals surface area contributed by atoms with Crippen LogP contribution in [0.2, 0.25) is 0 Å². The molecule has 1 unspecified atom stereocenters. The molecule has 0 fully saturated rings. The number of imidazole rings is 1. The van der Waals surface area contributed by atoms with E-state index < -0.39 is 5.25 Å². The largest absolute Gasteiger partial charge is 0.494 e. The van der Waals surface area contributed by atoms with E-state index in [2.05, 4.69) is 19.9 Å². The molecule has 0 saturated carbocycles. The third-order valence-electron chi connectivity index (χ3n) is 4.39. The van der Waals surface area contributed by atoms with Gasteiger partial charge in [0, 0.05) is 18.1 Å². The van der Waals surface area contributed by atoms with Crippen molar-refractivity contribution in [1.82, 2.24) is 19.5 Å². The van der Waals surface area contributed by atoms with Gasteiger partial charge in [0.1, 0.15) is 5.75 Å². The van der Waals surface area contributed by atoms with Crippen LogP contribution >= 0.6 is 11.8 Å². The maximum absolute atomic E-state index is 12.6. The molecule has 0 radical (unpaired) electrons. The fourth-order valence-electron chi connectivity index (χ4n) is 2.98. The van der Waals surface area contributed by atoms with Gasteiger partial charge in [-0.05, 0) is 56.3 Å². The third kappa shape index (κ3) is 4.28. The lowest BCUT2D eigenvalue weighted by Gasteiger charge is -2.13. The topological polar surface area (TPSA) is 81.9 Å². The molecule has 2 heterocycles. The van der Waals surface area contributed by atoms with Crippen molar-refractivity contribution in [3.05, 3.63) is 67.0 Å². The second kappa shape index (κ2) is 8.96. The SMILES string of the molecule is CCOc1ccc(-n2c(SC(C)C(=O)Nc3ncccn3)nc3ccccc32)cc1. The molecule has 30 heavy (non-hydrogen) atoms. The number of benzene rings is 2. The smallest absolute Gasteiger partial charge is 0.240 e. The van der Waals surface area contributed by atoms with Gasteiger partial charge in [0.05, 0.1) is 22.9 Å². The number of anilines is 1. The molecule has 0 saturated heterocycles. The molecule has 152 valence electrons. The summed E-state index contributed by atoms with van der Waals surface area (Å²) < 4.78 is 7.61. The van der Waals surface area contributed by atoms with E-state index in [0.29, 0.717) is 6.61 Å². The van der Waals surface area contributed by atoms with Crippen LogP contribution in [0.15, 0.2) is 72.1 Å². The van der Waals surface area contributed by atoms with Gasteiger partial charge in [-0.15, -0.1) is 0 Å². The average Bonchev–Trinajstić information content (AvgIpc) is 3.13. The van der Waals surface area contributed by atoms with Gasteiger partial charge in [-0.1, -0.05) is 23.9 Å². The average molecular weight is 420 g/mol. The number of hydrogen-bond acceptors (Lipinski definition) is 6. The standard InChI is InChI=1S/C22H21N5O2S/c1-3-29-17-11-9-16(10-12-17)27-19-8-5-4-7-18(19)25-22(27)30-15(2)20(28)26-21-23-13-6-14-24-21/h4-15H,3H2,1-2H3,(H,23,24,26,28). The van der Waals surface area contributed by atoms with E-state index in [4.69, 9.17) is 9.72 Å². The van der Waals surface area contributed by atoms with Crippen LogP contribution in [0.5, 0.6) is 5.75 Å². The zero-order chi connectivity index (χ0) is 20.9. The minimum absolute atomic E-state index is 0.184. The third-order valence-corrected chi connectivity index (χ3v) is 5.44. The molecule has 2 aromatic carbocycles. The minimum Gasteiger partial charge on any atom is -0.494 e. The van der Waals surface area contributed by atoms with Crippen LogP contribution in [0.1, 0.15) is 13.8 Å². The van der Waals surface area contributed by atoms with Crippen molar-refractivity contribution < 1.29 is 9.53 Å². The zero-order valence-electron chi connectivity index (χ0n) is 16.6. The Morgan fingerprint density at radius 2 is 1.83 bits per heavy atom. The van der Waals surface area contributed by atoms with Crippen LogP contribution in [-0.2, 0) is 4.79 Å². The van der Waals surface area contributed by atoms with Gasteiger partial charge in [0.25, 0.3) is 0 Å². The number of carbonyl (C=O) groups is 1. The van der Waals surface area contributed by atoms with Crippen LogP contribution in [0.3, 0.4) is 0 Å². The van der Waals surface area contributed by atoms with E-state index >= 15 is 0 Å². The summed E-state index contributed by atoms with van der Waals surface area (Å²) in [6.45, 7) is 4.41. The second-order valence-electron chi connectivity index (χ2n) is 6.47. The van der Waals surface area contributed by atoms with E-state index in [1.165, 1.54) is 11.8 Å². The summed E-state index contributed by atoms with van der Waals surface area (Å²) in [5.74, 6) is 0.918. The lowest BCUT2D eigenvalue weighted by molar-refractivity contribution is -0.115. The number of amides is 1. The van der Waals surface area contributed by atoms with Crippen molar-refractivity contribution in [3.8, 4) is 11.4 Å². The van der Waals surface area contributed by atoms with Crippen molar-refractivity contribution >= 4 is 34.7 Å². The monoisotopic (exact) mass is 419 g/mol. The summed E-state index contributed by atoms with van der Waals surface area (Å²) >= 11 is 1.39. The molecule has 8 heteroatoms. The Kier molecular flexibility index (Phi) is 5.94. The second-order valence-corrected chi connectivity index (χ2v) is 7.78. The normalized spacial score (nSPS) is 11.9. The number of aromatic nitrogens is 4. The van der Waals surface area contributed by atoms with Crippen molar-refractivity contribution in [2.75, 3.05) is 11.9 Å². The Morgan fingerprint density at radius 3 is 2.57 bits per heavy atom. The molecule has 1 amide bonds. The summed E-state index contributed by atoms with van der Waals surface area (Å²) in [5.41, 5.74) is 2.80. The highest BCUT2D eigenvalue weighted by atomic mass is 32.2. The lowest BCUT2D eigenvalue weighted by Crippen LogP contribution is -2.24. The van der Waals surface area contributed by atoms with E-state index in [1.807, 2.05) is 62.4 Å². The first kappa shape index (κ1) is 19.9. The highest BCUT2D eigenvalue weighted by molar-refractivity contribution is 8.00. The zero-order valence-corrected chi connectivity index (χ0v) is 17.5. The van der Waals surface area contributed by atoms with Crippen molar-refractivity contribution in [2.45, 2.75) is 24.3 Å². The van der Waals surface area contributed by atoms with Gasteiger partial charge < -0.3 is 4.74 Å². The maximum Gasteiger partial charge on any atom is 0.240 e. The van der Waals surface area contributed by atoms with Gasteiger partial charge in [-0.25, -0.2) is 15.0 Å². The fraction of sp³-hybridized carbons (Fsp3) is 0.182. The molecule has 0 spiro atoms. The predicted octanol–water partition coefficient (Wildman–Crippen LogP) is 4.33. The molecular weight excluding hydrogens is 398 g/mol. The van der Waals surface area contributed by atoms with Gasteiger partial charge in [0.15, 0.2) is 5.16 Å². The first-order valence-electron chi connectivity index (χ1n) is 9.61. The Balaban J connectivity index is 1.63. The minimum atomic E-state index is -0.396. The van der Waals surface area contributed by atoms with E-state index in [1.54, 1.807) is 18.5 Å². The summed E-state index contributed by atoms with van der Waals surface area (Å²) in [6.07, 6.45) is 3.18. The fourth-order valence-corrected chi connectivity index (χ4v) is 3.92. The summed E-state index contributed by atoms with van der Waals surface area (Å²) in [7, 11) is 0. The Hall–Kier alpha value is -3.39. The van der Waals surface area contributed by atoms with Crippen molar-refractivity contribution in [1.29, 1.82) is 0 Å². The predicted molar refractivity (Wildman–Crippen MR) is 118 cm³/mol.